The largest absolute Gasteiger partial charge is 0.423 e. The van der Waals surface area contributed by atoms with Crippen LogP contribution in [0, 0.1) is 0 Å². The summed E-state index contributed by atoms with van der Waals surface area (Å²) in [6.07, 6.45) is 6.59. The van der Waals surface area contributed by atoms with Gasteiger partial charge in [0.25, 0.3) is 0 Å². The van der Waals surface area contributed by atoms with Gasteiger partial charge in [0.2, 0.25) is 0 Å². The van der Waals surface area contributed by atoms with Crippen molar-refractivity contribution >= 4 is 11.9 Å². The molecule has 0 spiro atoms. The smallest absolute Gasteiger partial charge is 0.311 e. The second kappa shape index (κ2) is 10.8. The molecule has 0 bridgehead atoms. The Morgan fingerprint density at radius 2 is 1.27 bits per heavy atom. The molecule has 0 atom stereocenters. The summed E-state index contributed by atoms with van der Waals surface area (Å²) in [5.41, 5.74) is 0. The first kappa shape index (κ1) is 18.2. The van der Waals surface area contributed by atoms with Crippen LogP contribution in [0.3, 0.4) is 0 Å². The molecule has 4 nitrogen and oxygen atoms in total. The standard InChI is InChI=1S/C18H26O4/c1-3-5-7-8-14-18(20)22-16-12-10-9-11-15(16)21-17(19)13-6-4-2/h9-12H,3-8,13-14H2,1-2H3. The lowest BCUT2D eigenvalue weighted by atomic mass is 10.1. The van der Waals surface area contributed by atoms with Gasteiger partial charge in [0, 0.05) is 12.8 Å². The van der Waals surface area contributed by atoms with Gasteiger partial charge in [0.05, 0.1) is 0 Å². The minimum atomic E-state index is -0.298. The summed E-state index contributed by atoms with van der Waals surface area (Å²) >= 11 is 0. The maximum absolute atomic E-state index is 11.8. The van der Waals surface area contributed by atoms with E-state index in [-0.39, 0.29) is 11.9 Å². The van der Waals surface area contributed by atoms with Crippen molar-refractivity contribution < 1.29 is 19.1 Å². The van der Waals surface area contributed by atoms with E-state index in [0.29, 0.717) is 24.3 Å². The number of carbonyl (C=O) groups is 2. The molecule has 22 heavy (non-hydrogen) atoms. The van der Waals surface area contributed by atoms with Crippen molar-refractivity contribution in [3.8, 4) is 11.5 Å². The molecule has 0 aromatic heterocycles. The van der Waals surface area contributed by atoms with Gasteiger partial charge in [-0.1, -0.05) is 51.7 Å². The van der Waals surface area contributed by atoms with Gasteiger partial charge in [-0.2, -0.15) is 0 Å². The topological polar surface area (TPSA) is 52.6 Å². The number of carbonyl (C=O) groups excluding carboxylic acids is 2. The third-order valence-electron chi connectivity index (χ3n) is 3.27. The average molecular weight is 306 g/mol. The van der Waals surface area contributed by atoms with Gasteiger partial charge in [-0.15, -0.1) is 0 Å². The molecule has 0 amide bonds. The molecule has 1 aromatic rings. The zero-order chi connectivity index (χ0) is 16.2. The minimum Gasteiger partial charge on any atom is -0.423 e. The molecule has 1 aromatic carbocycles. The maximum atomic E-state index is 11.8. The second-order valence-electron chi connectivity index (χ2n) is 5.31. The number of ether oxygens (including phenoxy) is 2. The molecule has 0 heterocycles. The molecule has 0 aliphatic carbocycles. The van der Waals surface area contributed by atoms with Crippen LogP contribution >= 0.6 is 0 Å². The minimum absolute atomic E-state index is 0.284. The molecular formula is C18H26O4. The maximum Gasteiger partial charge on any atom is 0.311 e. The summed E-state index contributed by atoms with van der Waals surface area (Å²) in [4.78, 5) is 23.5. The van der Waals surface area contributed by atoms with Crippen LogP contribution in [0.1, 0.15) is 65.2 Å². The Kier molecular flexibility index (Phi) is 8.96. The van der Waals surface area contributed by atoms with Gasteiger partial charge in [0.15, 0.2) is 11.5 Å². The second-order valence-corrected chi connectivity index (χ2v) is 5.31. The number of hydrogen-bond donors (Lipinski definition) is 0. The summed E-state index contributed by atoms with van der Waals surface area (Å²) < 4.78 is 10.6. The lowest BCUT2D eigenvalue weighted by Gasteiger charge is -2.10. The third kappa shape index (κ3) is 7.25. The molecule has 0 radical (unpaired) electrons. The highest BCUT2D eigenvalue weighted by Crippen LogP contribution is 2.27. The summed E-state index contributed by atoms with van der Waals surface area (Å²) in [6.45, 7) is 4.14. The van der Waals surface area contributed by atoms with E-state index < -0.39 is 0 Å². The van der Waals surface area contributed by atoms with E-state index in [9.17, 15) is 9.59 Å². The SMILES string of the molecule is CCCCCCC(=O)Oc1ccccc1OC(=O)CCCC. The van der Waals surface area contributed by atoms with Crippen molar-refractivity contribution in [1.29, 1.82) is 0 Å². The molecule has 1 rings (SSSR count). The highest BCUT2D eigenvalue weighted by Gasteiger charge is 2.12. The van der Waals surface area contributed by atoms with Crippen LogP contribution in [0.2, 0.25) is 0 Å². The molecule has 0 aliphatic heterocycles. The first-order valence-corrected chi connectivity index (χ1v) is 8.17. The lowest BCUT2D eigenvalue weighted by molar-refractivity contribution is -0.137. The molecule has 4 heteroatoms. The van der Waals surface area contributed by atoms with Crippen LogP contribution in [0.25, 0.3) is 0 Å². The number of esters is 2. The zero-order valence-electron chi connectivity index (χ0n) is 13.6. The normalized spacial score (nSPS) is 10.3. The van der Waals surface area contributed by atoms with Crippen LogP contribution in [0.15, 0.2) is 24.3 Å². The summed E-state index contributed by atoms with van der Waals surface area (Å²) in [5.74, 6) is 0.0415. The van der Waals surface area contributed by atoms with Gasteiger partial charge < -0.3 is 9.47 Å². The fourth-order valence-corrected chi connectivity index (χ4v) is 1.98. The van der Waals surface area contributed by atoms with E-state index in [4.69, 9.17) is 9.47 Å². The van der Waals surface area contributed by atoms with E-state index in [2.05, 4.69) is 6.92 Å². The molecular weight excluding hydrogens is 280 g/mol. The molecule has 0 saturated carbocycles. The van der Waals surface area contributed by atoms with Crippen LogP contribution < -0.4 is 9.47 Å². The number of hydrogen-bond acceptors (Lipinski definition) is 4. The molecule has 122 valence electrons. The van der Waals surface area contributed by atoms with Crippen LogP contribution in [0.5, 0.6) is 11.5 Å². The Labute approximate surface area is 132 Å². The fraction of sp³-hybridized carbons (Fsp3) is 0.556. The average Bonchev–Trinajstić information content (AvgIpc) is 2.51. The van der Waals surface area contributed by atoms with Gasteiger partial charge >= 0.3 is 11.9 Å². The van der Waals surface area contributed by atoms with E-state index in [1.807, 2.05) is 6.92 Å². The van der Waals surface area contributed by atoms with Crippen molar-refractivity contribution in [2.24, 2.45) is 0 Å². The Balaban J connectivity index is 2.52. The zero-order valence-corrected chi connectivity index (χ0v) is 13.6. The number of para-hydroxylation sites is 2. The van der Waals surface area contributed by atoms with Crippen molar-refractivity contribution in [2.75, 3.05) is 0 Å². The number of unbranched alkanes of at least 4 members (excludes halogenated alkanes) is 4. The first-order chi connectivity index (χ1) is 10.7. The molecule has 0 aliphatic rings. The Bertz CT molecular complexity index is 468. The van der Waals surface area contributed by atoms with Crippen LogP contribution in [-0.2, 0) is 9.59 Å². The van der Waals surface area contributed by atoms with E-state index in [1.54, 1.807) is 24.3 Å². The lowest BCUT2D eigenvalue weighted by Crippen LogP contribution is -2.11. The quantitative estimate of drug-likeness (QED) is 0.358. The molecule has 0 saturated heterocycles. The Morgan fingerprint density at radius 3 is 1.77 bits per heavy atom. The Hall–Kier alpha value is -1.84. The van der Waals surface area contributed by atoms with Crippen molar-refractivity contribution in [1.82, 2.24) is 0 Å². The predicted molar refractivity (Wildman–Crippen MR) is 86.0 cm³/mol. The van der Waals surface area contributed by atoms with Gasteiger partial charge in [-0.25, -0.2) is 0 Å². The third-order valence-corrected chi connectivity index (χ3v) is 3.27. The summed E-state index contributed by atoms with van der Waals surface area (Å²) in [6, 6.07) is 6.79. The molecule has 0 N–H and O–H groups in total. The van der Waals surface area contributed by atoms with Crippen LogP contribution in [-0.4, -0.2) is 11.9 Å². The van der Waals surface area contributed by atoms with Crippen LogP contribution in [0.4, 0.5) is 0 Å². The van der Waals surface area contributed by atoms with E-state index in [0.717, 1.165) is 38.5 Å². The number of benzene rings is 1. The summed E-state index contributed by atoms with van der Waals surface area (Å²) in [5, 5.41) is 0. The monoisotopic (exact) mass is 306 g/mol. The van der Waals surface area contributed by atoms with E-state index in [1.165, 1.54) is 0 Å². The fourth-order valence-electron chi connectivity index (χ4n) is 1.98. The highest BCUT2D eigenvalue weighted by molar-refractivity contribution is 5.76. The van der Waals surface area contributed by atoms with Gasteiger partial charge in [-0.05, 0) is 25.0 Å². The highest BCUT2D eigenvalue weighted by atomic mass is 16.6. The van der Waals surface area contributed by atoms with E-state index >= 15 is 0 Å². The van der Waals surface area contributed by atoms with Crippen molar-refractivity contribution in [3.05, 3.63) is 24.3 Å². The van der Waals surface area contributed by atoms with Gasteiger partial charge in [0.1, 0.15) is 0 Å². The van der Waals surface area contributed by atoms with Crippen molar-refractivity contribution in [3.63, 3.8) is 0 Å². The Morgan fingerprint density at radius 1 is 0.773 bits per heavy atom. The summed E-state index contributed by atoms with van der Waals surface area (Å²) in [7, 11) is 0. The number of rotatable bonds is 10. The first-order valence-electron chi connectivity index (χ1n) is 8.17. The predicted octanol–water partition coefficient (Wildman–Crippen LogP) is 4.66. The van der Waals surface area contributed by atoms with Crippen molar-refractivity contribution in [2.45, 2.75) is 65.2 Å². The van der Waals surface area contributed by atoms with Gasteiger partial charge in [-0.3, -0.25) is 9.59 Å². The molecule has 0 fully saturated rings. The molecule has 0 unspecified atom stereocenters.